The Hall–Kier alpha value is -1.55. The summed E-state index contributed by atoms with van der Waals surface area (Å²) in [6, 6.07) is 10.6. The quantitative estimate of drug-likeness (QED) is 0.689. The number of aliphatic hydroxyl groups is 1. The number of aliphatic hydroxyl groups excluding tert-OH is 1. The topological polar surface area (TPSA) is 61.4 Å². The van der Waals surface area contributed by atoms with E-state index < -0.39 is 0 Å². The van der Waals surface area contributed by atoms with Crippen LogP contribution >= 0.6 is 0 Å². The Kier molecular flexibility index (Phi) is 6.90. The van der Waals surface area contributed by atoms with E-state index in [4.69, 9.17) is 5.11 Å². The van der Waals surface area contributed by atoms with Crippen LogP contribution in [0.5, 0.6) is 0 Å². The van der Waals surface area contributed by atoms with Gasteiger partial charge in [0.1, 0.15) is 0 Å². The fourth-order valence-corrected chi connectivity index (χ4v) is 3.58. The summed E-state index contributed by atoms with van der Waals surface area (Å²) in [5.74, 6) is 0. The van der Waals surface area contributed by atoms with Crippen molar-refractivity contribution in [3.63, 3.8) is 0 Å². The standard InChI is InChI=1S/C19H30N2O2/c1-16(8-7-13-22)21-18(23)20-15-19(11-5-6-12-19)14-17-9-3-2-4-10-17/h2-4,9-10,16,22H,5-8,11-15H2,1H3,(H2,20,21,23). The Morgan fingerprint density at radius 3 is 2.61 bits per heavy atom. The van der Waals surface area contributed by atoms with Crippen molar-refractivity contribution in [3.8, 4) is 0 Å². The number of hydrogen-bond acceptors (Lipinski definition) is 2. The van der Waals surface area contributed by atoms with E-state index >= 15 is 0 Å². The van der Waals surface area contributed by atoms with Gasteiger partial charge in [-0.25, -0.2) is 4.79 Å². The first-order valence-corrected chi connectivity index (χ1v) is 8.83. The van der Waals surface area contributed by atoms with E-state index in [0.29, 0.717) is 0 Å². The van der Waals surface area contributed by atoms with Crippen molar-refractivity contribution in [2.75, 3.05) is 13.2 Å². The minimum atomic E-state index is -0.0882. The van der Waals surface area contributed by atoms with Crippen molar-refractivity contribution < 1.29 is 9.90 Å². The zero-order valence-corrected chi connectivity index (χ0v) is 14.2. The van der Waals surface area contributed by atoms with Gasteiger partial charge in [0.2, 0.25) is 0 Å². The number of amides is 2. The van der Waals surface area contributed by atoms with Gasteiger partial charge in [-0.2, -0.15) is 0 Å². The van der Waals surface area contributed by atoms with Crippen LogP contribution in [0.1, 0.15) is 51.0 Å². The molecular weight excluding hydrogens is 288 g/mol. The van der Waals surface area contributed by atoms with E-state index in [2.05, 4.69) is 34.9 Å². The van der Waals surface area contributed by atoms with Gasteiger partial charge in [-0.1, -0.05) is 43.2 Å². The van der Waals surface area contributed by atoms with Crippen molar-refractivity contribution in [1.82, 2.24) is 10.6 Å². The van der Waals surface area contributed by atoms with Crippen LogP contribution in [-0.4, -0.2) is 30.3 Å². The first-order valence-electron chi connectivity index (χ1n) is 8.83. The number of carbonyl (C=O) groups is 1. The summed E-state index contributed by atoms with van der Waals surface area (Å²) in [6.45, 7) is 2.89. The molecule has 4 nitrogen and oxygen atoms in total. The Morgan fingerprint density at radius 1 is 1.26 bits per heavy atom. The first-order chi connectivity index (χ1) is 11.1. The summed E-state index contributed by atoms with van der Waals surface area (Å²) in [5.41, 5.74) is 1.56. The Labute approximate surface area is 139 Å². The van der Waals surface area contributed by atoms with Gasteiger partial charge in [-0.05, 0) is 50.0 Å². The number of nitrogens with one attached hydrogen (secondary N) is 2. The normalized spacial score (nSPS) is 17.7. The molecule has 2 amide bonds. The molecule has 1 saturated carbocycles. The molecule has 0 heterocycles. The molecule has 0 saturated heterocycles. The predicted molar refractivity (Wildman–Crippen MR) is 93.4 cm³/mol. The summed E-state index contributed by atoms with van der Waals surface area (Å²) in [4.78, 5) is 12.1. The van der Waals surface area contributed by atoms with Crippen molar-refractivity contribution in [3.05, 3.63) is 35.9 Å². The van der Waals surface area contributed by atoms with Crippen LogP contribution in [0.2, 0.25) is 0 Å². The third kappa shape index (κ3) is 5.87. The van der Waals surface area contributed by atoms with Gasteiger partial charge < -0.3 is 15.7 Å². The van der Waals surface area contributed by atoms with E-state index in [0.717, 1.165) is 25.8 Å². The lowest BCUT2D eigenvalue weighted by atomic mass is 9.80. The number of urea groups is 1. The SMILES string of the molecule is CC(CCCO)NC(=O)NCC1(Cc2ccccc2)CCCC1. The maximum absolute atomic E-state index is 12.1. The molecule has 1 aliphatic rings. The van der Waals surface area contributed by atoms with E-state index in [9.17, 15) is 4.79 Å². The van der Waals surface area contributed by atoms with Crippen molar-refractivity contribution >= 4 is 6.03 Å². The smallest absolute Gasteiger partial charge is 0.315 e. The number of benzene rings is 1. The minimum absolute atomic E-state index is 0.0882. The molecule has 0 bridgehead atoms. The predicted octanol–water partition coefficient (Wildman–Crippen LogP) is 3.25. The third-order valence-electron chi connectivity index (χ3n) is 4.88. The van der Waals surface area contributed by atoms with Crippen molar-refractivity contribution in [2.45, 2.75) is 57.9 Å². The average Bonchev–Trinajstić information content (AvgIpc) is 3.01. The second kappa shape index (κ2) is 8.92. The molecule has 0 aliphatic heterocycles. The molecule has 0 spiro atoms. The fraction of sp³-hybridized carbons (Fsp3) is 0.632. The Balaban J connectivity index is 1.84. The first kappa shape index (κ1) is 17.8. The van der Waals surface area contributed by atoms with Crippen LogP contribution in [0.3, 0.4) is 0 Å². The Morgan fingerprint density at radius 2 is 1.96 bits per heavy atom. The summed E-state index contributed by atoms with van der Waals surface area (Å²) in [6.07, 6.45) is 7.43. The highest BCUT2D eigenvalue weighted by Crippen LogP contribution is 2.40. The zero-order valence-electron chi connectivity index (χ0n) is 14.2. The molecule has 1 aliphatic carbocycles. The second-order valence-corrected chi connectivity index (χ2v) is 6.96. The molecule has 3 N–H and O–H groups in total. The van der Waals surface area contributed by atoms with Gasteiger partial charge >= 0.3 is 6.03 Å². The lowest BCUT2D eigenvalue weighted by molar-refractivity contribution is 0.221. The van der Waals surface area contributed by atoms with Crippen LogP contribution in [0, 0.1) is 5.41 Å². The lowest BCUT2D eigenvalue weighted by Gasteiger charge is -2.30. The number of rotatable bonds is 8. The zero-order chi connectivity index (χ0) is 16.5. The van der Waals surface area contributed by atoms with Crippen LogP contribution in [-0.2, 0) is 6.42 Å². The van der Waals surface area contributed by atoms with Crippen LogP contribution in [0.4, 0.5) is 4.79 Å². The van der Waals surface area contributed by atoms with E-state index in [1.165, 1.54) is 31.2 Å². The average molecular weight is 318 g/mol. The molecule has 0 radical (unpaired) electrons. The van der Waals surface area contributed by atoms with Gasteiger partial charge in [0.15, 0.2) is 0 Å². The molecule has 1 unspecified atom stereocenters. The van der Waals surface area contributed by atoms with E-state index in [-0.39, 0.29) is 24.1 Å². The van der Waals surface area contributed by atoms with Gasteiger partial charge in [0.25, 0.3) is 0 Å². The van der Waals surface area contributed by atoms with Crippen LogP contribution in [0.25, 0.3) is 0 Å². The number of carbonyl (C=O) groups excluding carboxylic acids is 1. The molecule has 23 heavy (non-hydrogen) atoms. The fourth-order valence-electron chi connectivity index (χ4n) is 3.58. The lowest BCUT2D eigenvalue weighted by Crippen LogP contribution is -2.45. The molecule has 1 fully saturated rings. The summed E-state index contributed by atoms with van der Waals surface area (Å²) >= 11 is 0. The third-order valence-corrected chi connectivity index (χ3v) is 4.88. The maximum atomic E-state index is 12.1. The monoisotopic (exact) mass is 318 g/mol. The molecular formula is C19H30N2O2. The van der Waals surface area contributed by atoms with Gasteiger partial charge in [0, 0.05) is 19.2 Å². The van der Waals surface area contributed by atoms with Gasteiger partial charge in [-0.3, -0.25) is 0 Å². The molecule has 1 aromatic carbocycles. The molecule has 2 rings (SSSR count). The largest absolute Gasteiger partial charge is 0.396 e. The van der Waals surface area contributed by atoms with Crippen LogP contribution in [0.15, 0.2) is 30.3 Å². The molecule has 128 valence electrons. The van der Waals surface area contributed by atoms with E-state index in [1.54, 1.807) is 0 Å². The van der Waals surface area contributed by atoms with Gasteiger partial charge in [0.05, 0.1) is 0 Å². The Bertz CT molecular complexity index is 470. The van der Waals surface area contributed by atoms with E-state index in [1.807, 2.05) is 13.0 Å². The van der Waals surface area contributed by atoms with Crippen molar-refractivity contribution in [2.24, 2.45) is 5.41 Å². The molecule has 4 heteroatoms. The summed E-state index contributed by atoms with van der Waals surface area (Å²) in [5, 5.41) is 14.9. The summed E-state index contributed by atoms with van der Waals surface area (Å²) < 4.78 is 0. The highest BCUT2D eigenvalue weighted by atomic mass is 16.3. The highest BCUT2D eigenvalue weighted by Gasteiger charge is 2.34. The van der Waals surface area contributed by atoms with Gasteiger partial charge in [-0.15, -0.1) is 0 Å². The van der Waals surface area contributed by atoms with Crippen LogP contribution < -0.4 is 10.6 Å². The highest BCUT2D eigenvalue weighted by molar-refractivity contribution is 5.74. The second-order valence-electron chi connectivity index (χ2n) is 6.96. The molecule has 1 atom stereocenters. The summed E-state index contributed by atoms with van der Waals surface area (Å²) in [7, 11) is 0. The minimum Gasteiger partial charge on any atom is -0.396 e. The van der Waals surface area contributed by atoms with Crippen molar-refractivity contribution in [1.29, 1.82) is 0 Å². The maximum Gasteiger partial charge on any atom is 0.315 e. The number of hydrogen-bond donors (Lipinski definition) is 3. The molecule has 0 aromatic heterocycles. The molecule has 1 aromatic rings.